The first-order valence-electron chi connectivity index (χ1n) is 7.18. The average molecular weight is 288 g/mol. The van der Waals surface area contributed by atoms with Crippen LogP contribution in [0.4, 0.5) is 0 Å². The van der Waals surface area contributed by atoms with E-state index in [2.05, 4.69) is 0 Å². The number of aryl methyl sites for hydroxylation is 1. The molecule has 0 atom stereocenters. The Morgan fingerprint density at radius 1 is 1.05 bits per heavy atom. The van der Waals surface area contributed by atoms with Crippen molar-refractivity contribution < 1.29 is 14.3 Å². The fourth-order valence-corrected chi connectivity index (χ4v) is 2.06. The summed E-state index contributed by atoms with van der Waals surface area (Å²) in [6, 6.07) is 11.3. The Bertz CT molecular complexity index is 589. The van der Waals surface area contributed by atoms with Crippen molar-refractivity contribution in [3.63, 3.8) is 0 Å². The van der Waals surface area contributed by atoms with E-state index in [0.717, 1.165) is 19.3 Å². The number of hydrogen-bond donors (Lipinski definition) is 1. The number of benzene rings is 1. The molecule has 1 aromatic heterocycles. The zero-order valence-corrected chi connectivity index (χ0v) is 12.0. The number of ether oxygens (including phenoxy) is 1. The van der Waals surface area contributed by atoms with Crippen LogP contribution in [0.15, 0.2) is 51.9 Å². The standard InChI is InChI=1S/C17H20O4/c18-15-10-12-21-16(17(15)19)9-5-2-6-11-20-13-14-7-3-1-4-8-14/h1,3-4,7-8,10,12,19H,2,5-6,9,11,13H2. The SMILES string of the molecule is O=c1ccoc(CCCCCOCc2ccccc2)c1O. The van der Waals surface area contributed by atoms with E-state index in [1.54, 1.807) is 0 Å². The second-order valence-electron chi connectivity index (χ2n) is 4.91. The lowest BCUT2D eigenvalue weighted by atomic mass is 10.1. The van der Waals surface area contributed by atoms with E-state index in [1.165, 1.54) is 17.9 Å². The third kappa shape index (κ3) is 5.08. The van der Waals surface area contributed by atoms with Crippen molar-refractivity contribution in [2.45, 2.75) is 32.3 Å². The molecule has 0 unspecified atom stereocenters. The molecule has 4 heteroatoms. The van der Waals surface area contributed by atoms with Crippen LogP contribution in [0.3, 0.4) is 0 Å². The van der Waals surface area contributed by atoms with Crippen LogP contribution in [-0.2, 0) is 17.8 Å². The highest BCUT2D eigenvalue weighted by molar-refractivity contribution is 5.22. The molecular formula is C17H20O4. The second-order valence-corrected chi connectivity index (χ2v) is 4.91. The second kappa shape index (κ2) is 8.27. The van der Waals surface area contributed by atoms with Gasteiger partial charge in [-0.2, -0.15) is 0 Å². The maximum absolute atomic E-state index is 11.2. The minimum absolute atomic E-state index is 0.266. The Morgan fingerprint density at radius 3 is 2.67 bits per heavy atom. The molecule has 112 valence electrons. The molecule has 0 aliphatic carbocycles. The van der Waals surface area contributed by atoms with E-state index in [4.69, 9.17) is 9.15 Å². The molecule has 0 aliphatic rings. The van der Waals surface area contributed by atoms with Crippen LogP contribution in [0, 0.1) is 0 Å². The molecule has 1 aromatic carbocycles. The Morgan fingerprint density at radius 2 is 1.86 bits per heavy atom. The van der Waals surface area contributed by atoms with Gasteiger partial charge in [-0.25, -0.2) is 0 Å². The fraction of sp³-hybridized carbons (Fsp3) is 0.353. The maximum Gasteiger partial charge on any atom is 0.226 e. The van der Waals surface area contributed by atoms with E-state index in [1.807, 2.05) is 30.3 Å². The molecule has 0 saturated carbocycles. The van der Waals surface area contributed by atoms with Crippen LogP contribution in [0.5, 0.6) is 5.75 Å². The number of hydrogen-bond acceptors (Lipinski definition) is 4. The highest BCUT2D eigenvalue weighted by Gasteiger charge is 2.06. The van der Waals surface area contributed by atoms with Crippen molar-refractivity contribution >= 4 is 0 Å². The van der Waals surface area contributed by atoms with Crippen molar-refractivity contribution in [1.29, 1.82) is 0 Å². The highest BCUT2D eigenvalue weighted by Crippen LogP contribution is 2.14. The van der Waals surface area contributed by atoms with Crippen LogP contribution in [0.1, 0.15) is 30.6 Å². The van der Waals surface area contributed by atoms with E-state index >= 15 is 0 Å². The summed E-state index contributed by atoms with van der Waals surface area (Å²) in [6.07, 6.45) is 4.66. The molecule has 0 radical (unpaired) electrons. The van der Waals surface area contributed by atoms with E-state index in [9.17, 15) is 9.90 Å². The van der Waals surface area contributed by atoms with Gasteiger partial charge in [0.05, 0.1) is 12.9 Å². The van der Waals surface area contributed by atoms with Gasteiger partial charge in [0.2, 0.25) is 11.2 Å². The first-order valence-corrected chi connectivity index (χ1v) is 7.18. The number of rotatable bonds is 8. The van der Waals surface area contributed by atoms with Gasteiger partial charge in [0.15, 0.2) is 0 Å². The van der Waals surface area contributed by atoms with Gasteiger partial charge in [-0.1, -0.05) is 36.8 Å². The first-order chi connectivity index (χ1) is 10.3. The van der Waals surface area contributed by atoms with Crippen molar-refractivity contribution in [2.75, 3.05) is 6.61 Å². The average Bonchev–Trinajstić information content (AvgIpc) is 2.51. The molecule has 0 aliphatic heterocycles. The summed E-state index contributed by atoms with van der Waals surface area (Å²) in [6.45, 7) is 1.34. The Kier molecular flexibility index (Phi) is 6.03. The minimum atomic E-state index is -0.387. The predicted octanol–water partition coefficient (Wildman–Crippen LogP) is 3.28. The van der Waals surface area contributed by atoms with Crippen LogP contribution in [0.25, 0.3) is 0 Å². The van der Waals surface area contributed by atoms with Crippen LogP contribution < -0.4 is 5.43 Å². The summed E-state index contributed by atoms with van der Waals surface area (Å²) in [5, 5.41) is 9.53. The molecule has 0 bridgehead atoms. The number of unbranched alkanes of at least 4 members (excludes halogenated alkanes) is 2. The zero-order chi connectivity index (χ0) is 14.9. The van der Waals surface area contributed by atoms with Gasteiger partial charge in [0.1, 0.15) is 5.76 Å². The molecule has 21 heavy (non-hydrogen) atoms. The summed E-state index contributed by atoms with van der Waals surface area (Å²) in [5.41, 5.74) is 0.788. The van der Waals surface area contributed by atoms with Gasteiger partial charge in [-0.3, -0.25) is 4.79 Å². The Balaban J connectivity index is 1.58. The minimum Gasteiger partial charge on any atom is -0.502 e. The summed E-state index contributed by atoms with van der Waals surface area (Å²) < 4.78 is 10.7. The van der Waals surface area contributed by atoms with E-state index < -0.39 is 0 Å². The number of aromatic hydroxyl groups is 1. The molecule has 2 aromatic rings. The third-order valence-electron chi connectivity index (χ3n) is 3.23. The van der Waals surface area contributed by atoms with Crippen LogP contribution in [-0.4, -0.2) is 11.7 Å². The molecule has 2 rings (SSSR count). The molecule has 1 N–H and O–H groups in total. The van der Waals surface area contributed by atoms with Crippen molar-refractivity contribution in [1.82, 2.24) is 0 Å². The predicted molar refractivity (Wildman–Crippen MR) is 80.3 cm³/mol. The van der Waals surface area contributed by atoms with E-state index in [0.29, 0.717) is 25.4 Å². The monoisotopic (exact) mass is 288 g/mol. The van der Waals surface area contributed by atoms with Gasteiger partial charge in [0.25, 0.3) is 0 Å². The Labute approximate surface area is 124 Å². The zero-order valence-electron chi connectivity index (χ0n) is 12.0. The van der Waals surface area contributed by atoms with E-state index in [-0.39, 0.29) is 11.2 Å². The molecule has 1 heterocycles. The summed E-state index contributed by atoms with van der Waals surface area (Å²) in [7, 11) is 0. The van der Waals surface area contributed by atoms with Gasteiger partial charge >= 0.3 is 0 Å². The van der Waals surface area contributed by atoms with Gasteiger partial charge in [-0.15, -0.1) is 0 Å². The quantitative estimate of drug-likeness (QED) is 0.757. The summed E-state index contributed by atoms with van der Waals surface area (Å²) in [5.74, 6) is 0.102. The van der Waals surface area contributed by atoms with Gasteiger partial charge < -0.3 is 14.3 Å². The normalized spacial score (nSPS) is 10.7. The molecule has 0 saturated heterocycles. The van der Waals surface area contributed by atoms with Crippen LogP contribution >= 0.6 is 0 Å². The van der Waals surface area contributed by atoms with Gasteiger partial charge in [0, 0.05) is 19.1 Å². The highest BCUT2D eigenvalue weighted by atomic mass is 16.5. The lowest BCUT2D eigenvalue weighted by molar-refractivity contribution is 0.117. The lowest BCUT2D eigenvalue weighted by Gasteiger charge is -2.05. The molecule has 0 amide bonds. The molecule has 0 spiro atoms. The fourth-order valence-electron chi connectivity index (χ4n) is 2.06. The Hall–Kier alpha value is -2.07. The summed E-state index contributed by atoms with van der Waals surface area (Å²) in [4.78, 5) is 11.2. The largest absolute Gasteiger partial charge is 0.502 e. The molecular weight excluding hydrogens is 268 g/mol. The molecule has 0 fully saturated rings. The van der Waals surface area contributed by atoms with Crippen molar-refractivity contribution in [3.8, 4) is 5.75 Å². The smallest absolute Gasteiger partial charge is 0.226 e. The first kappa shape index (κ1) is 15.3. The summed E-state index contributed by atoms with van der Waals surface area (Å²) >= 11 is 0. The van der Waals surface area contributed by atoms with Crippen molar-refractivity contribution in [3.05, 3.63) is 64.2 Å². The lowest BCUT2D eigenvalue weighted by Crippen LogP contribution is -2.01. The molecule has 4 nitrogen and oxygen atoms in total. The van der Waals surface area contributed by atoms with Crippen molar-refractivity contribution in [2.24, 2.45) is 0 Å². The topological polar surface area (TPSA) is 59.7 Å². The third-order valence-corrected chi connectivity index (χ3v) is 3.23. The maximum atomic E-state index is 11.2. The van der Waals surface area contributed by atoms with Gasteiger partial charge in [-0.05, 0) is 18.4 Å². The van der Waals surface area contributed by atoms with Crippen LogP contribution in [0.2, 0.25) is 0 Å².